The van der Waals surface area contributed by atoms with Gasteiger partial charge in [0, 0.05) is 45.2 Å². The molecule has 0 radical (unpaired) electrons. The highest BCUT2D eigenvalue weighted by molar-refractivity contribution is 5.89. The summed E-state index contributed by atoms with van der Waals surface area (Å²) in [6, 6.07) is 10.4. The summed E-state index contributed by atoms with van der Waals surface area (Å²) in [6.07, 6.45) is 0.314. The second-order valence-corrected chi connectivity index (χ2v) is 10.4. The van der Waals surface area contributed by atoms with Crippen LogP contribution in [0, 0.1) is 17.6 Å². The van der Waals surface area contributed by atoms with Crippen LogP contribution in [0.5, 0.6) is 0 Å². The number of likely N-dealkylation sites (tertiary alicyclic amines) is 1. The topological polar surface area (TPSA) is 102 Å². The first kappa shape index (κ1) is 28.6. The summed E-state index contributed by atoms with van der Waals surface area (Å²) in [5.41, 5.74) is 1.17. The molecule has 10 heteroatoms. The average molecular weight is 543 g/mol. The number of benzene rings is 2. The third-order valence-corrected chi connectivity index (χ3v) is 7.37. The Morgan fingerprint density at radius 2 is 1.82 bits per heavy atom. The molecule has 0 bridgehead atoms. The Morgan fingerprint density at radius 3 is 2.51 bits per heavy atom. The van der Waals surface area contributed by atoms with Crippen LogP contribution in [0.1, 0.15) is 37.3 Å². The van der Waals surface area contributed by atoms with Gasteiger partial charge < -0.3 is 25.5 Å². The summed E-state index contributed by atoms with van der Waals surface area (Å²) in [7, 11) is 0. The van der Waals surface area contributed by atoms with Gasteiger partial charge in [0.2, 0.25) is 17.7 Å². The highest BCUT2D eigenvalue weighted by Gasteiger charge is 2.40. The zero-order valence-corrected chi connectivity index (χ0v) is 22.1. The fraction of sp³-hybridized carbons (Fsp3) is 0.483. The van der Waals surface area contributed by atoms with E-state index in [1.54, 1.807) is 9.80 Å². The number of unbranched alkanes of at least 4 members (excludes halogenated alkanes) is 1. The van der Waals surface area contributed by atoms with E-state index in [0.717, 1.165) is 36.6 Å². The van der Waals surface area contributed by atoms with Gasteiger partial charge in [-0.05, 0) is 36.1 Å². The van der Waals surface area contributed by atoms with Crippen LogP contribution in [0.4, 0.5) is 8.78 Å². The summed E-state index contributed by atoms with van der Waals surface area (Å²) < 4.78 is 27.9. The molecule has 0 aromatic heterocycles. The highest BCUT2D eigenvalue weighted by atomic mass is 19.1. The highest BCUT2D eigenvalue weighted by Crippen LogP contribution is 2.21. The predicted octanol–water partition coefficient (Wildman–Crippen LogP) is 2.00. The van der Waals surface area contributed by atoms with Crippen molar-refractivity contribution in [1.29, 1.82) is 0 Å². The quantitative estimate of drug-likeness (QED) is 0.403. The first-order valence-electron chi connectivity index (χ1n) is 13.5. The van der Waals surface area contributed by atoms with Crippen LogP contribution in [-0.4, -0.2) is 77.0 Å². The molecule has 8 nitrogen and oxygen atoms in total. The lowest BCUT2D eigenvalue weighted by molar-refractivity contribution is -0.141. The standard InChI is InChI=1S/C29H36F2N4O4/c1-2-3-10-34-18-21(15-25(34)36)28(38)33-24(14-20-12-22(30)16-23(31)13-20)27(37)26-29(39)35(11-9-32-26)17-19-7-5-4-6-8-19/h4-8,12-13,16,21,24,26-27,32,37H,2-3,9-11,14-15,17-18H2,1H3,(H,33,38)/t21?,24-,26-,27-/m0/s1. The fourth-order valence-corrected chi connectivity index (χ4v) is 5.26. The van der Waals surface area contributed by atoms with Crippen molar-refractivity contribution in [2.45, 2.75) is 57.3 Å². The molecule has 210 valence electrons. The third kappa shape index (κ3) is 7.39. The minimum atomic E-state index is -1.39. The number of halogens is 2. The van der Waals surface area contributed by atoms with Crippen LogP contribution >= 0.6 is 0 Å². The number of aliphatic hydroxyl groups is 1. The van der Waals surface area contributed by atoms with Crippen LogP contribution < -0.4 is 10.6 Å². The van der Waals surface area contributed by atoms with Crippen LogP contribution in [-0.2, 0) is 27.3 Å². The van der Waals surface area contributed by atoms with Gasteiger partial charge in [0.25, 0.3) is 0 Å². The lowest BCUT2D eigenvalue weighted by Crippen LogP contribution is -2.64. The Bertz CT molecular complexity index is 1140. The summed E-state index contributed by atoms with van der Waals surface area (Å²) >= 11 is 0. The molecule has 39 heavy (non-hydrogen) atoms. The Balaban J connectivity index is 1.51. The molecule has 0 saturated carbocycles. The molecule has 2 aliphatic heterocycles. The second-order valence-electron chi connectivity index (χ2n) is 10.4. The molecule has 0 spiro atoms. The first-order valence-corrected chi connectivity index (χ1v) is 13.5. The number of rotatable bonds is 11. The smallest absolute Gasteiger partial charge is 0.242 e. The van der Waals surface area contributed by atoms with Gasteiger partial charge in [-0.15, -0.1) is 0 Å². The number of hydrogen-bond donors (Lipinski definition) is 3. The Hall–Kier alpha value is -3.37. The molecule has 2 heterocycles. The number of nitrogens with zero attached hydrogens (tertiary/aromatic N) is 2. The van der Waals surface area contributed by atoms with E-state index >= 15 is 0 Å². The number of carbonyl (C=O) groups is 3. The minimum absolute atomic E-state index is 0.0540. The van der Waals surface area contributed by atoms with E-state index in [-0.39, 0.29) is 36.8 Å². The monoisotopic (exact) mass is 542 g/mol. The van der Waals surface area contributed by atoms with Gasteiger partial charge in [-0.25, -0.2) is 8.78 Å². The minimum Gasteiger partial charge on any atom is -0.389 e. The van der Waals surface area contributed by atoms with Gasteiger partial charge in [0.1, 0.15) is 17.7 Å². The van der Waals surface area contributed by atoms with Gasteiger partial charge >= 0.3 is 0 Å². The largest absolute Gasteiger partial charge is 0.389 e. The zero-order valence-electron chi connectivity index (χ0n) is 22.1. The van der Waals surface area contributed by atoms with Crippen LogP contribution in [0.25, 0.3) is 0 Å². The zero-order chi connectivity index (χ0) is 27.9. The molecule has 2 saturated heterocycles. The molecule has 4 rings (SSSR count). The molecule has 2 aromatic carbocycles. The summed E-state index contributed by atoms with van der Waals surface area (Å²) in [6.45, 7) is 4.11. The van der Waals surface area contributed by atoms with Crippen molar-refractivity contribution in [2.75, 3.05) is 26.2 Å². The van der Waals surface area contributed by atoms with Crippen LogP contribution in [0.15, 0.2) is 48.5 Å². The molecule has 1 unspecified atom stereocenters. The Kier molecular flexibility index (Phi) is 9.63. The maximum Gasteiger partial charge on any atom is 0.242 e. The van der Waals surface area contributed by atoms with E-state index in [9.17, 15) is 28.3 Å². The molecule has 2 aromatic rings. The molecular formula is C29H36F2N4O4. The number of carbonyl (C=O) groups excluding carboxylic acids is 3. The lowest BCUT2D eigenvalue weighted by atomic mass is 9.93. The normalized spacial score (nSPS) is 21.2. The molecule has 3 amide bonds. The van der Waals surface area contributed by atoms with E-state index < -0.39 is 41.6 Å². The van der Waals surface area contributed by atoms with Gasteiger partial charge in [0.05, 0.1) is 18.1 Å². The molecule has 2 fully saturated rings. The van der Waals surface area contributed by atoms with E-state index in [2.05, 4.69) is 10.6 Å². The summed E-state index contributed by atoms with van der Waals surface area (Å²) in [5, 5.41) is 17.3. The number of nitrogens with one attached hydrogen (secondary N) is 2. The van der Waals surface area contributed by atoms with E-state index in [0.29, 0.717) is 26.2 Å². The fourth-order valence-electron chi connectivity index (χ4n) is 5.26. The van der Waals surface area contributed by atoms with E-state index in [4.69, 9.17) is 0 Å². The van der Waals surface area contributed by atoms with Gasteiger partial charge in [0.15, 0.2) is 0 Å². The van der Waals surface area contributed by atoms with Gasteiger partial charge in [-0.3, -0.25) is 14.4 Å². The van der Waals surface area contributed by atoms with Crippen molar-refractivity contribution >= 4 is 17.7 Å². The molecular weight excluding hydrogens is 506 g/mol. The molecule has 0 aliphatic carbocycles. The molecule has 2 aliphatic rings. The van der Waals surface area contributed by atoms with Gasteiger partial charge in [-0.1, -0.05) is 43.7 Å². The summed E-state index contributed by atoms with van der Waals surface area (Å²) in [4.78, 5) is 42.4. The third-order valence-electron chi connectivity index (χ3n) is 7.37. The first-order chi connectivity index (χ1) is 18.7. The molecule has 4 atom stereocenters. The SMILES string of the molecule is CCCCN1CC(C(=O)N[C@@H](Cc2cc(F)cc(F)c2)[C@H](O)[C@@H]2NCCN(Cc3ccccc3)C2=O)CC1=O. The van der Waals surface area contributed by atoms with Gasteiger partial charge in [-0.2, -0.15) is 0 Å². The number of piperazine rings is 1. The maximum atomic E-state index is 13.9. The second kappa shape index (κ2) is 13.1. The van der Waals surface area contributed by atoms with Crippen molar-refractivity contribution in [2.24, 2.45) is 5.92 Å². The number of amides is 3. The molecule has 3 N–H and O–H groups in total. The number of hydrogen-bond acceptors (Lipinski definition) is 5. The van der Waals surface area contributed by atoms with Crippen molar-refractivity contribution in [1.82, 2.24) is 20.4 Å². The van der Waals surface area contributed by atoms with E-state index in [1.807, 2.05) is 37.3 Å². The van der Waals surface area contributed by atoms with Crippen LogP contribution in [0.2, 0.25) is 0 Å². The van der Waals surface area contributed by atoms with E-state index in [1.165, 1.54) is 0 Å². The van der Waals surface area contributed by atoms with Crippen LogP contribution in [0.3, 0.4) is 0 Å². The average Bonchev–Trinajstić information content (AvgIpc) is 3.28. The maximum absolute atomic E-state index is 13.9. The lowest BCUT2D eigenvalue weighted by Gasteiger charge is -2.38. The summed E-state index contributed by atoms with van der Waals surface area (Å²) in [5.74, 6) is -3.04. The number of aliphatic hydroxyl groups excluding tert-OH is 1. The Labute approximate surface area is 227 Å². The van der Waals surface area contributed by atoms with Crippen molar-refractivity contribution in [3.63, 3.8) is 0 Å². The predicted molar refractivity (Wildman–Crippen MR) is 141 cm³/mol. The Morgan fingerprint density at radius 1 is 1.10 bits per heavy atom. The van der Waals surface area contributed by atoms with Crippen molar-refractivity contribution in [3.8, 4) is 0 Å². The van der Waals surface area contributed by atoms with Crippen molar-refractivity contribution in [3.05, 3.63) is 71.3 Å². The van der Waals surface area contributed by atoms with Crippen molar-refractivity contribution < 1.29 is 28.3 Å².